The van der Waals surface area contributed by atoms with Crippen LogP contribution in [-0.2, 0) is 4.79 Å². The summed E-state index contributed by atoms with van der Waals surface area (Å²) < 4.78 is 36.3. The van der Waals surface area contributed by atoms with Crippen LogP contribution in [0.4, 0.5) is 20.2 Å². The van der Waals surface area contributed by atoms with Crippen LogP contribution in [-0.4, -0.2) is 26.7 Å². The summed E-state index contributed by atoms with van der Waals surface area (Å²) in [6.07, 6.45) is 0.104. The van der Waals surface area contributed by atoms with Crippen molar-refractivity contribution in [1.29, 1.82) is 0 Å². The average molecular weight is 371 g/mol. The second-order valence-electron chi connectivity index (χ2n) is 5.04. The molecule has 0 aliphatic heterocycles. The van der Waals surface area contributed by atoms with Gasteiger partial charge in [-0.3, -0.25) is 4.79 Å². The van der Waals surface area contributed by atoms with Crippen molar-refractivity contribution in [2.45, 2.75) is 6.42 Å². The largest absolute Gasteiger partial charge is 0.495 e. The fraction of sp³-hybridized carbons (Fsp3) is 0.235. The van der Waals surface area contributed by atoms with Crippen molar-refractivity contribution < 1.29 is 23.0 Å². The third-order valence-electron chi connectivity index (χ3n) is 3.35. The minimum atomic E-state index is -0.951. The van der Waals surface area contributed by atoms with Crippen molar-refractivity contribution in [3.05, 3.63) is 47.0 Å². The highest BCUT2D eigenvalue weighted by Gasteiger charge is 2.12. The molecule has 0 spiro atoms. The smallest absolute Gasteiger partial charge is 0.226 e. The molecule has 2 aromatic carbocycles. The van der Waals surface area contributed by atoms with E-state index in [1.54, 1.807) is 6.07 Å². The lowest BCUT2D eigenvalue weighted by Crippen LogP contribution is -2.17. The van der Waals surface area contributed by atoms with Gasteiger partial charge < -0.3 is 20.1 Å². The molecule has 0 aliphatic carbocycles. The molecule has 0 fully saturated rings. The van der Waals surface area contributed by atoms with Gasteiger partial charge in [0.15, 0.2) is 11.6 Å². The molecule has 0 heterocycles. The lowest BCUT2D eigenvalue weighted by molar-refractivity contribution is -0.116. The maximum absolute atomic E-state index is 13.1. The molecule has 0 bridgehead atoms. The van der Waals surface area contributed by atoms with Gasteiger partial charge in [0.1, 0.15) is 11.5 Å². The fourth-order valence-electron chi connectivity index (χ4n) is 2.10. The number of anilines is 2. The zero-order chi connectivity index (χ0) is 18.4. The van der Waals surface area contributed by atoms with Gasteiger partial charge in [-0.25, -0.2) is 8.78 Å². The van der Waals surface area contributed by atoms with Gasteiger partial charge in [0, 0.05) is 30.8 Å². The van der Waals surface area contributed by atoms with E-state index in [4.69, 9.17) is 21.1 Å². The summed E-state index contributed by atoms with van der Waals surface area (Å²) in [5.41, 5.74) is 0.805. The van der Waals surface area contributed by atoms with E-state index in [1.165, 1.54) is 26.4 Å². The maximum atomic E-state index is 13.1. The second-order valence-corrected chi connectivity index (χ2v) is 5.45. The third-order valence-corrected chi connectivity index (χ3v) is 3.64. The van der Waals surface area contributed by atoms with Gasteiger partial charge in [0.2, 0.25) is 5.91 Å². The summed E-state index contributed by atoms with van der Waals surface area (Å²) in [6.45, 7) is 0.240. The summed E-state index contributed by atoms with van der Waals surface area (Å²) >= 11 is 6.01. The Hall–Kier alpha value is -2.54. The number of rotatable bonds is 7. The molecule has 2 aromatic rings. The van der Waals surface area contributed by atoms with Crippen LogP contribution >= 0.6 is 11.6 Å². The quantitative estimate of drug-likeness (QED) is 0.771. The van der Waals surface area contributed by atoms with E-state index in [0.29, 0.717) is 27.9 Å². The number of ether oxygens (including phenoxy) is 2. The first kappa shape index (κ1) is 18.8. The molecule has 8 heteroatoms. The predicted octanol–water partition coefficient (Wildman–Crippen LogP) is 4.08. The highest BCUT2D eigenvalue weighted by atomic mass is 35.5. The van der Waals surface area contributed by atoms with Crippen LogP contribution in [0.15, 0.2) is 30.3 Å². The predicted molar refractivity (Wildman–Crippen MR) is 92.7 cm³/mol. The first-order chi connectivity index (χ1) is 11.9. The Labute approximate surface area is 148 Å². The van der Waals surface area contributed by atoms with Gasteiger partial charge in [-0.2, -0.15) is 0 Å². The molecule has 5 nitrogen and oxygen atoms in total. The molecular weight excluding hydrogens is 354 g/mol. The average Bonchev–Trinajstić information content (AvgIpc) is 2.59. The molecule has 134 valence electrons. The molecular formula is C17H17ClF2N2O3. The number of halogens is 3. The highest BCUT2D eigenvalue weighted by molar-refractivity contribution is 6.32. The SMILES string of the molecule is COc1cc(NC(=O)CCNc2ccc(F)c(F)c2)c(OC)cc1Cl. The molecule has 0 atom stereocenters. The van der Waals surface area contributed by atoms with Gasteiger partial charge >= 0.3 is 0 Å². The molecule has 2 rings (SSSR count). The van der Waals surface area contributed by atoms with Crippen LogP contribution < -0.4 is 20.1 Å². The zero-order valence-electron chi connectivity index (χ0n) is 13.7. The number of nitrogens with one attached hydrogen (secondary N) is 2. The summed E-state index contributed by atoms with van der Waals surface area (Å²) in [5.74, 6) is -1.37. The van der Waals surface area contributed by atoms with Gasteiger partial charge in [0.05, 0.1) is 24.9 Å². The summed E-state index contributed by atoms with van der Waals surface area (Å²) in [7, 11) is 2.92. The van der Waals surface area contributed by atoms with Gasteiger partial charge in [0.25, 0.3) is 0 Å². The van der Waals surface area contributed by atoms with E-state index in [-0.39, 0.29) is 18.9 Å². The Morgan fingerprint density at radius 2 is 1.80 bits per heavy atom. The van der Waals surface area contributed by atoms with Crippen molar-refractivity contribution in [2.24, 2.45) is 0 Å². The summed E-state index contributed by atoms with van der Waals surface area (Å²) in [5, 5.41) is 5.90. The van der Waals surface area contributed by atoms with Crippen molar-refractivity contribution in [2.75, 3.05) is 31.4 Å². The summed E-state index contributed by atoms with van der Waals surface area (Å²) in [4.78, 5) is 12.1. The number of methoxy groups -OCH3 is 2. The first-order valence-electron chi connectivity index (χ1n) is 7.35. The van der Waals surface area contributed by atoms with E-state index in [0.717, 1.165) is 12.1 Å². The number of amides is 1. The Kier molecular flexibility index (Phi) is 6.41. The molecule has 1 amide bonds. The van der Waals surface area contributed by atoms with Crippen LogP contribution in [0.25, 0.3) is 0 Å². The van der Waals surface area contributed by atoms with Gasteiger partial charge in [-0.05, 0) is 18.2 Å². The minimum Gasteiger partial charge on any atom is -0.495 e. The van der Waals surface area contributed by atoms with Crippen molar-refractivity contribution in [1.82, 2.24) is 0 Å². The van der Waals surface area contributed by atoms with Crippen LogP contribution in [0.2, 0.25) is 5.02 Å². The number of carbonyl (C=O) groups excluding carboxylic acids is 1. The van der Waals surface area contributed by atoms with E-state index in [2.05, 4.69) is 10.6 Å². The summed E-state index contributed by atoms with van der Waals surface area (Å²) in [6, 6.07) is 6.53. The van der Waals surface area contributed by atoms with E-state index in [9.17, 15) is 13.6 Å². The van der Waals surface area contributed by atoms with E-state index in [1.807, 2.05) is 0 Å². The maximum Gasteiger partial charge on any atom is 0.226 e. The Morgan fingerprint density at radius 1 is 1.08 bits per heavy atom. The normalized spacial score (nSPS) is 10.3. The first-order valence-corrected chi connectivity index (χ1v) is 7.72. The molecule has 0 radical (unpaired) electrons. The topological polar surface area (TPSA) is 59.6 Å². The molecule has 0 saturated carbocycles. The van der Waals surface area contributed by atoms with E-state index < -0.39 is 11.6 Å². The zero-order valence-corrected chi connectivity index (χ0v) is 14.4. The second kappa shape index (κ2) is 8.53. The van der Waals surface area contributed by atoms with Crippen LogP contribution in [0.5, 0.6) is 11.5 Å². The van der Waals surface area contributed by atoms with Crippen LogP contribution in [0, 0.1) is 11.6 Å². The fourth-order valence-corrected chi connectivity index (χ4v) is 2.33. The highest BCUT2D eigenvalue weighted by Crippen LogP contribution is 2.35. The molecule has 0 aromatic heterocycles. The standard InChI is InChI=1S/C17H17ClF2N2O3/c1-24-15-9-14(16(25-2)8-11(15)18)22-17(23)5-6-21-10-3-4-12(19)13(20)7-10/h3-4,7-9,21H,5-6H2,1-2H3,(H,22,23). The minimum absolute atomic E-state index is 0.104. The Morgan fingerprint density at radius 3 is 2.44 bits per heavy atom. The lowest BCUT2D eigenvalue weighted by Gasteiger charge is -2.13. The number of benzene rings is 2. The molecule has 25 heavy (non-hydrogen) atoms. The third kappa shape index (κ3) is 4.96. The lowest BCUT2D eigenvalue weighted by atomic mass is 10.2. The molecule has 2 N–H and O–H groups in total. The Bertz CT molecular complexity index is 772. The Balaban J connectivity index is 1.94. The van der Waals surface area contributed by atoms with Crippen LogP contribution in [0.1, 0.15) is 6.42 Å². The monoisotopic (exact) mass is 370 g/mol. The van der Waals surface area contributed by atoms with Crippen molar-refractivity contribution in [3.63, 3.8) is 0 Å². The molecule has 0 aliphatic rings. The number of carbonyl (C=O) groups is 1. The van der Waals surface area contributed by atoms with Gasteiger partial charge in [-0.1, -0.05) is 11.6 Å². The van der Waals surface area contributed by atoms with Crippen molar-refractivity contribution >= 4 is 28.9 Å². The van der Waals surface area contributed by atoms with Crippen LogP contribution in [0.3, 0.4) is 0 Å². The molecule has 0 unspecified atom stereocenters. The van der Waals surface area contributed by atoms with Crippen molar-refractivity contribution in [3.8, 4) is 11.5 Å². The number of hydrogen-bond acceptors (Lipinski definition) is 4. The molecule has 0 saturated heterocycles. The van der Waals surface area contributed by atoms with Gasteiger partial charge in [-0.15, -0.1) is 0 Å². The number of hydrogen-bond donors (Lipinski definition) is 2. The van der Waals surface area contributed by atoms with E-state index >= 15 is 0 Å².